The SMILES string of the molecule is CCNC(=NCc1ccc(N2CCCCCC2)nc1)N1CCCC1. The molecule has 0 aliphatic carbocycles. The summed E-state index contributed by atoms with van der Waals surface area (Å²) in [6.45, 7) is 8.28. The van der Waals surface area contributed by atoms with Gasteiger partial charge in [-0.05, 0) is 44.2 Å². The maximum absolute atomic E-state index is 4.80. The number of rotatable bonds is 4. The Balaban J connectivity index is 1.61. The molecule has 24 heavy (non-hydrogen) atoms. The van der Waals surface area contributed by atoms with Crippen molar-refractivity contribution in [2.45, 2.75) is 52.0 Å². The number of aromatic nitrogens is 1. The highest BCUT2D eigenvalue weighted by Crippen LogP contribution is 2.17. The van der Waals surface area contributed by atoms with Crippen LogP contribution in [0.1, 0.15) is 51.0 Å². The molecule has 1 aromatic heterocycles. The molecule has 0 unspecified atom stereocenters. The Bertz CT molecular complexity index is 511. The van der Waals surface area contributed by atoms with Gasteiger partial charge in [-0.2, -0.15) is 0 Å². The first-order chi connectivity index (χ1) is 11.9. The van der Waals surface area contributed by atoms with E-state index in [1.54, 1.807) is 0 Å². The number of pyridine rings is 1. The Morgan fingerprint density at radius 1 is 1.04 bits per heavy atom. The van der Waals surface area contributed by atoms with Crippen molar-refractivity contribution in [3.63, 3.8) is 0 Å². The third kappa shape index (κ3) is 4.62. The highest BCUT2D eigenvalue weighted by atomic mass is 15.3. The molecule has 0 atom stereocenters. The molecule has 2 fully saturated rings. The summed E-state index contributed by atoms with van der Waals surface area (Å²) in [6, 6.07) is 4.35. The van der Waals surface area contributed by atoms with Crippen molar-refractivity contribution >= 4 is 11.8 Å². The predicted molar refractivity (Wildman–Crippen MR) is 101 cm³/mol. The molecule has 0 radical (unpaired) electrons. The van der Waals surface area contributed by atoms with Gasteiger partial charge < -0.3 is 15.1 Å². The molecule has 0 amide bonds. The van der Waals surface area contributed by atoms with Crippen LogP contribution in [0.3, 0.4) is 0 Å². The standard InChI is InChI=1S/C19H31N5/c1-2-20-19(24-13-7-8-14-24)22-16-17-9-10-18(21-15-17)23-11-5-3-4-6-12-23/h9-10,15H,2-8,11-14,16H2,1H3,(H,20,22). The van der Waals surface area contributed by atoms with Gasteiger partial charge in [-0.3, -0.25) is 0 Å². The Morgan fingerprint density at radius 3 is 2.38 bits per heavy atom. The van der Waals surface area contributed by atoms with Gasteiger partial charge >= 0.3 is 0 Å². The second-order valence-electron chi connectivity index (χ2n) is 6.79. The van der Waals surface area contributed by atoms with Crippen molar-refractivity contribution in [3.05, 3.63) is 23.9 Å². The minimum atomic E-state index is 0.701. The average molecular weight is 329 g/mol. The highest BCUT2D eigenvalue weighted by molar-refractivity contribution is 5.80. The summed E-state index contributed by atoms with van der Waals surface area (Å²) in [5.74, 6) is 2.17. The maximum Gasteiger partial charge on any atom is 0.194 e. The molecule has 0 aromatic carbocycles. The fourth-order valence-corrected chi connectivity index (χ4v) is 3.52. The van der Waals surface area contributed by atoms with E-state index in [0.717, 1.165) is 44.5 Å². The lowest BCUT2D eigenvalue weighted by molar-refractivity contribution is 0.493. The van der Waals surface area contributed by atoms with Crippen LogP contribution in [-0.4, -0.2) is 48.6 Å². The molecule has 2 aliphatic rings. The third-order valence-corrected chi connectivity index (χ3v) is 4.89. The van der Waals surface area contributed by atoms with E-state index in [0.29, 0.717) is 6.54 Å². The van der Waals surface area contributed by atoms with Gasteiger partial charge in [0.25, 0.3) is 0 Å². The molecule has 5 nitrogen and oxygen atoms in total. The van der Waals surface area contributed by atoms with Crippen LogP contribution in [0, 0.1) is 0 Å². The number of nitrogens with one attached hydrogen (secondary N) is 1. The summed E-state index contributed by atoms with van der Waals surface area (Å²) in [6.07, 6.45) is 9.83. The summed E-state index contributed by atoms with van der Waals surface area (Å²) in [4.78, 5) is 14.3. The Labute approximate surface area is 146 Å². The van der Waals surface area contributed by atoms with Crippen LogP contribution < -0.4 is 10.2 Å². The Kier molecular flexibility index (Phi) is 6.33. The van der Waals surface area contributed by atoms with E-state index in [-0.39, 0.29) is 0 Å². The Morgan fingerprint density at radius 2 is 1.75 bits per heavy atom. The van der Waals surface area contributed by atoms with E-state index >= 15 is 0 Å². The smallest absolute Gasteiger partial charge is 0.194 e. The lowest BCUT2D eigenvalue weighted by Gasteiger charge is -2.22. The summed E-state index contributed by atoms with van der Waals surface area (Å²) < 4.78 is 0. The van der Waals surface area contributed by atoms with E-state index in [1.807, 2.05) is 6.20 Å². The molecule has 132 valence electrons. The molecule has 3 rings (SSSR count). The number of likely N-dealkylation sites (tertiary alicyclic amines) is 1. The molecule has 5 heteroatoms. The second kappa shape index (κ2) is 8.90. The van der Waals surface area contributed by atoms with Crippen molar-refractivity contribution in [2.24, 2.45) is 4.99 Å². The maximum atomic E-state index is 4.80. The minimum Gasteiger partial charge on any atom is -0.357 e. The molecule has 0 saturated carbocycles. The van der Waals surface area contributed by atoms with E-state index < -0.39 is 0 Å². The van der Waals surface area contributed by atoms with Crippen LogP contribution in [0.2, 0.25) is 0 Å². The van der Waals surface area contributed by atoms with E-state index in [4.69, 9.17) is 4.99 Å². The van der Waals surface area contributed by atoms with E-state index in [9.17, 15) is 0 Å². The first-order valence-corrected chi connectivity index (χ1v) is 9.60. The molecular weight excluding hydrogens is 298 g/mol. The normalized spacial score (nSPS) is 19.5. The van der Waals surface area contributed by atoms with Gasteiger partial charge in [-0.15, -0.1) is 0 Å². The van der Waals surface area contributed by atoms with Gasteiger partial charge in [0.2, 0.25) is 0 Å². The first-order valence-electron chi connectivity index (χ1n) is 9.60. The van der Waals surface area contributed by atoms with E-state index in [2.05, 4.69) is 39.2 Å². The van der Waals surface area contributed by atoms with Gasteiger partial charge in [0.15, 0.2) is 5.96 Å². The predicted octanol–water partition coefficient (Wildman–Crippen LogP) is 3.02. The fourth-order valence-electron chi connectivity index (χ4n) is 3.52. The number of anilines is 1. The zero-order valence-electron chi connectivity index (χ0n) is 15.0. The fraction of sp³-hybridized carbons (Fsp3) is 0.684. The van der Waals surface area contributed by atoms with Gasteiger partial charge in [-0.25, -0.2) is 9.98 Å². The van der Waals surface area contributed by atoms with Crippen LogP contribution in [-0.2, 0) is 6.54 Å². The monoisotopic (exact) mass is 329 g/mol. The summed E-state index contributed by atoms with van der Waals surface area (Å²) in [5.41, 5.74) is 1.18. The van der Waals surface area contributed by atoms with E-state index in [1.165, 1.54) is 44.1 Å². The molecule has 3 heterocycles. The van der Waals surface area contributed by atoms with Crippen molar-refractivity contribution < 1.29 is 0 Å². The molecule has 1 N–H and O–H groups in total. The van der Waals surface area contributed by atoms with Crippen LogP contribution in [0.25, 0.3) is 0 Å². The molecule has 1 aromatic rings. The number of guanidine groups is 1. The topological polar surface area (TPSA) is 43.8 Å². The largest absolute Gasteiger partial charge is 0.357 e. The van der Waals surface area contributed by atoms with Gasteiger partial charge in [0, 0.05) is 38.9 Å². The third-order valence-electron chi connectivity index (χ3n) is 4.89. The molecule has 2 saturated heterocycles. The second-order valence-corrected chi connectivity index (χ2v) is 6.79. The summed E-state index contributed by atoms with van der Waals surface area (Å²) in [5, 5.41) is 3.41. The number of hydrogen-bond donors (Lipinski definition) is 1. The number of hydrogen-bond acceptors (Lipinski definition) is 3. The molecular formula is C19H31N5. The lowest BCUT2D eigenvalue weighted by Crippen LogP contribution is -2.39. The van der Waals surface area contributed by atoms with Crippen molar-refractivity contribution in [2.75, 3.05) is 37.6 Å². The average Bonchev–Trinajstić information content (AvgIpc) is 3.01. The minimum absolute atomic E-state index is 0.701. The van der Waals surface area contributed by atoms with Crippen LogP contribution in [0.5, 0.6) is 0 Å². The first kappa shape index (κ1) is 17.1. The zero-order valence-corrected chi connectivity index (χ0v) is 15.0. The number of aliphatic imine (C=N–C) groups is 1. The van der Waals surface area contributed by atoms with Gasteiger partial charge in [0.1, 0.15) is 5.82 Å². The molecule has 0 spiro atoms. The molecule has 0 bridgehead atoms. The summed E-state index contributed by atoms with van der Waals surface area (Å²) in [7, 11) is 0. The van der Waals surface area contributed by atoms with Crippen molar-refractivity contribution in [3.8, 4) is 0 Å². The lowest BCUT2D eigenvalue weighted by atomic mass is 10.2. The van der Waals surface area contributed by atoms with Crippen molar-refractivity contribution in [1.29, 1.82) is 0 Å². The zero-order chi connectivity index (χ0) is 16.6. The molecule has 2 aliphatic heterocycles. The van der Waals surface area contributed by atoms with Crippen LogP contribution >= 0.6 is 0 Å². The Hall–Kier alpha value is -1.78. The van der Waals surface area contributed by atoms with Gasteiger partial charge in [0.05, 0.1) is 6.54 Å². The summed E-state index contributed by atoms with van der Waals surface area (Å²) >= 11 is 0. The quantitative estimate of drug-likeness (QED) is 0.681. The van der Waals surface area contributed by atoms with Crippen LogP contribution in [0.15, 0.2) is 23.3 Å². The van der Waals surface area contributed by atoms with Gasteiger partial charge in [-0.1, -0.05) is 18.9 Å². The van der Waals surface area contributed by atoms with Crippen molar-refractivity contribution in [1.82, 2.24) is 15.2 Å². The number of nitrogens with zero attached hydrogens (tertiary/aromatic N) is 4. The van der Waals surface area contributed by atoms with Crippen LogP contribution in [0.4, 0.5) is 5.82 Å². The highest BCUT2D eigenvalue weighted by Gasteiger charge is 2.15.